The number of allylic oxidation sites excluding steroid dienone is 3. The first kappa shape index (κ1) is 13.2. The summed E-state index contributed by atoms with van der Waals surface area (Å²) >= 11 is 0. The van der Waals surface area contributed by atoms with Crippen LogP contribution in [0.2, 0.25) is 0 Å². The van der Waals surface area contributed by atoms with Crippen LogP contribution in [0.1, 0.15) is 46.0 Å². The van der Waals surface area contributed by atoms with Gasteiger partial charge in [-0.25, -0.2) is 0 Å². The number of hydrogen-bond acceptors (Lipinski definition) is 1. The van der Waals surface area contributed by atoms with Crippen LogP contribution >= 0.6 is 0 Å². The fourth-order valence-corrected chi connectivity index (χ4v) is 2.88. The molecular formula is C15H24O. The molecule has 0 aromatic heterocycles. The number of aldehydes is 1. The van der Waals surface area contributed by atoms with E-state index in [9.17, 15) is 4.79 Å². The molecule has 1 heteroatoms. The molecule has 0 aromatic carbocycles. The standard InChI is InChI=1S/C15H24O/c1-4-13-8-5-6-9-15(13)14(12(2)3)10-7-11-16/h4,8,11-12,14-15H,1,5-7,9-10H2,2-3H3/t14-,15-/m1/s1. The molecule has 0 fully saturated rings. The Morgan fingerprint density at radius 2 is 2.31 bits per heavy atom. The highest BCUT2D eigenvalue weighted by Crippen LogP contribution is 2.37. The zero-order valence-electron chi connectivity index (χ0n) is 10.6. The van der Waals surface area contributed by atoms with Gasteiger partial charge in [0.25, 0.3) is 0 Å². The summed E-state index contributed by atoms with van der Waals surface area (Å²) in [6.07, 6.45) is 10.9. The number of hydrogen-bond donors (Lipinski definition) is 0. The molecule has 0 aliphatic heterocycles. The predicted molar refractivity (Wildman–Crippen MR) is 69.2 cm³/mol. The van der Waals surface area contributed by atoms with E-state index in [1.165, 1.54) is 24.8 Å². The fraction of sp³-hybridized carbons (Fsp3) is 0.667. The lowest BCUT2D eigenvalue weighted by Crippen LogP contribution is -2.23. The van der Waals surface area contributed by atoms with E-state index in [0.717, 1.165) is 12.7 Å². The Hall–Kier alpha value is -0.850. The topological polar surface area (TPSA) is 17.1 Å². The first-order valence-corrected chi connectivity index (χ1v) is 6.46. The largest absolute Gasteiger partial charge is 0.303 e. The summed E-state index contributed by atoms with van der Waals surface area (Å²) < 4.78 is 0. The van der Waals surface area contributed by atoms with Crippen molar-refractivity contribution in [2.45, 2.75) is 46.0 Å². The Morgan fingerprint density at radius 1 is 1.56 bits per heavy atom. The second-order valence-electron chi connectivity index (χ2n) is 5.10. The van der Waals surface area contributed by atoms with Crippen molar-refractivity contribution in [3.8, 4) is 0 Å². The van der Waals surface area contributed by atoms with E-state index >= 15 is 0 Å². The molecule has 0 amide bonds. The van der Waals surface area contributed by atoms with Gasteiger partial charge in [0.1, 0.15) is 6.29 Å². The normalized spacial score (nSPS) is 22.7. The highest BCUT2D eigenvalue weighted by Gasteiger charge is 2.27. The van der Waals surface area contributed by atoms with E-state index in [4.69, 9.17) is 0 Å². The van der Waals surface area contributed by atoms with Crippen molar-refractivity contribution in [1.29, 1.82) is 0 Å². The summed E-state index contributed by atoms with van der Waals surface area (Å²) in [6.45, 7) is 8.46. The van der Waals surface area contributed by atoms with Gasteiger partial charge in [-0.05, 0) is 49.0 Å². The Morgan fingerprint density at radius 3 is 2.88 bits per heavy atom. The summed E-state index contributed by atoms with van der Waals surface area (Å²) in [7, 11) is 0. The van der Waals surface area contributed by atoms with E-state index in [2.05, 4.69) is 26.5 Å². The lowest BCUT2D eigenvalue weighted by molar-refractivity contribution is -0.108. The van der Waals surface area contributed by atoms with Crippen LogP contribution in [0.4, 0.5) is 0 Å². The molecule has 2 atom stereocenters. The average Bonchev–Trinajstić information content (AvgIpc) is 2.29. The average molecular weight is 220 g/mol. The first-order chi connectivity index (χ1) is 7.70. The highest BCUT2D eigenvalue weighted by molar-refractivity contribution is 5.49. The minimum atomic E-state index is 0.631. The Kier molecular flexibility index (Phi) is 5.51. The maximum atomic E-state index is 10.5. The number of rotatable bonds is 6. The van der Waals surface area contributed by atoms with Crippen LogP contribution in [0.5, 0.6) is 0 Å². The molecular weight excluding hydrogens is 196 g/mol. The Labute approximate surface area is 99.6 Å². The highest BCUT2D eigenvalue weighted by atomic mass is 16.1. The van der Waals surface area contributed by atoms with Gasteiger partial charge in [-0.2, -0.15) is 0 Å². The molecule has 0 N–H and O–H groups in total. The smallest absolute Gasteiger partial charge is 0.120 e. The summed E-state index contributed by atoms with van der Waals surface area (Å²) in [5.74, 6) is 1.91. The molecule has 0 aromatic rings. The lowest BCUT2D eigenvalue weighted by Gasteiger charge is -2.33. The Balaban J connectivity index is 2.75. The molecule has 0 radical (unpaired) electrons. The molecule has 1 rings (SSSR count). The van der Waals surface area contributed by atoms with Crippen LogP contribution < -0.4 is 0 Å². The van der Waals surface area contributed by atoms with Crippen molar-refractivity contribution in [2.24, 2.45) is 17.8 Å². The van der Waals surface area contributed by atoms with E-state index in [0.29, 0.717) is 24.2 Å². The van der Waals surface area contributed by atoms with Gasteiger partial charge in [-0.3, -0.25) is 0 Å². The third kappa shape index (κ3) is 3.33. The van der Waals surface area contributed by atoms with Crippen molar-refractivity contribution >= 4 is 6.29 Å². The van der Waals surface area contributed by atoms with Gasteiger partial charge >= 0.3 is 0 Å². The van der Waals surface area contributed by atoms with Crippen molar-refractivity contribution in [2.75, 3.05) is 0 Å². The summed E-state index contributed by atoms with van der Waals surface area (Å²) in [5.41, 5.74) is 1.41. The maximum Gasteiger partial charge on any atom is 0.120 e. The van der Waals surface area contributed by atoms with Crippen molar-refractivity contribution in [3.05, 3.63) is 24.3 Å². The molecule has 16 heavy (non-hydrogen) atoms. The SMILES string of the molecule is C=CC1=CCCC[C@H]1[C@H](CCC=O)C(C)C. The van der Waals surface area contributed by atoms with Gasteiger partial charge in [0.15, 0.2) is 0 Å². The molecule has 1 aliphatic rings. The summed E-state index contributed by atoms with van der Waals surface area (Å²) in [6, 6.07) is 0. The molecule has 1 aliphatic carbocycles. The number of carbonyl (C=O) groups is 1. The lowest BCUT2D eigenvalue weighted by atomic mass is 9.72. The molecule has 1 nitrogen and oxygen atoms in total. The van der Waals surface area contributed by atoms with Gasteiger partial charge in [0, 0.05) is 6.42 Å². The molecule has 0 bridgehead atoms. The van der Waals surface area contributed by atoms with Crippen molar-refractivity contribution in [3.63, 3.8) is 0 Å². The van der Waals surface area contributed by atoms with Gasteiger partial charge in [-0.1, -0.05) is 32.6 Å². The van der Waals surface area contributed by atoms with Gasteiger partial charge in [0.05, 0.1) is 0 Å². The summed E-state index contributed by atoms with van der Waals surface area (Å²) in [4.78, 5) is 10.5. The fourth-order valence-electron chi connectivity index (χ4n) is 2.88. The molecule has 90 valence electrons. The minimum Gasteiger partial charge on any atom is -0.303 e. The quantitative estimate of drug-likeness (QED) is 0.614. The van der Waals surface area contributed by atoms with Crippen LogP contribution in [0, 0.1) is 17.8 Å². The van der Waals surface area contributed by atoms with E-state index in [-0.39, 0.29) is 0 Å². The van der Waals surface area contributed by atoms with Gasteiger partial charge in [0.2, 0.25) is 0 Å². The Bertz CT molecular complexity index is 263. The zero-order valence-corrected chi connectivity index (χ0v) is 10.6. The van der Waals surface area contributed by atoms with Gasteiger partial charge < -0.3 is 4.79 Å². The molecule has 0 spiro atoms. The minimum absolute atomic E-state index is 0.631. The molecule has 0 heterocycles. The van der Waals surface area contributed by atoms with Crippen LogP contribution in [-0.4, -0.2) is 6.29 Å². The third-order valence-corrected chi connectivity index (χ3v) is 3.75. The van der Waals surface area contributed by atoms with Gasteiger partial charge in [-0.15, -0.1) is 0 Å². The van der Waals surface area contributed by atoms with E-state index < -0.39 is 0 Å². The monoisotopic (exact) mass is 220 g/mol. The van der Waals surface area contributed by atoms with Crippen LogP contribution in [0.25, 0.3) is 0 Å². The predicted octanol–water partition coefficient (Wildman–Crippen LogP) is 4.15. The van der Waals surface area contributed by atoms with Crippen LogP contribution in [0.15, 0.2) is 24.3 Å². The maximum absolute atomic E-state index is 10.5. The van der Waals surface area contributed by atoms with Crippen LogP contribution in [0.3, 0.4) is 0 Å². The first-order valence-electron chi connectivity index (χ1n) is 6.46. The molecule has 0 saturated carbocycles. The van der Waals surface area contributed by atoms with Crippen molar-refractivity contribution in [1.82, 2.24) is 0 Å². The zero-order chi connectivity index (χ0) is 12.0. The summed E-state index contributed by atoms with van der Waals surface area (Å²) in [5, 5.41) is 0. The third-order valence-electron chi connectivity index (χ3n) is 3.75. The van der Waals surface area contributed by atoms with Crippen molar-refractivity contribution < 1.29 is 4.79 Å². The molecule has 0 saturated heterocycles. The second kappa shape index (κ2) is 6.67. The molecule has 0 unspecified atom stereocenters. The van der Waals surface area contributed by atoms with E-state index in [1.54, 1.807) is 0 Å². The second-order valence-corrected chi connectivity index (χ2v) is 5.10. The number of carbonyl (C=O) groups excluding carboxylic acids is 1. The van der Waals surface area contributed by atoms with E-state index in [1.807, 2.05) is 6.08 Å². The van der Waals surface area contributed by atoms with Crippen LogP contribution in [-0.2, 0) is 4.79 Å².